The van der Waals surface area contributed by atoms with Gasteiger partial charge in [0.2, 0.25) is 0 Å². The molecule has 0 atom stereocenters. The summed E-state index contributed by atoms with van der Waals surface area (Å²) in [5, 5.41) is 10.2. The summed E-state index contributed by atoms with van der Waals surface area (Å²) in [6.45, 7) is 0. The van der Waals surface area contributed by atoms with Crippen molar-refractivity contribution >= 4 is 102 Å². The molecule has 3 heteroatoms. The highest BCUT2D eigenvalue weighted by Gasteiger charge is 2.23. The van der Waals surface area contributed by atoms with E-state index in [1.807, 2.05) is 22.7 Å². The molecule has 59 heavy (non-hydrogen) atoms. The van der Waals surface area contributed by atoms with Gasteiger partial charge in [0.05, 0.1) is 16.1 Å². The van der Waals surface area contributed by atoms with Gasteiger partial charge in [0.1, 0.15) is 0 Å². The molecule has 12 aromatic rings. The average Bonchev–Trinajstić information content (AvgIpc) is 3.89. The van der Waals surface area contributed by atoms with Crippen molar-refractivity contribution in [2.24, 2.45) is 0 Å². The zero-order chi connectivity index (χ0) is 38.9. The van der Waals surface area contributed by atoms with Crippen LogP contribution in [0.1, 0.15) is 0 Å². The molecule has 0 amide bonds. The van der Waals surface area contributed by atoms with Crippen LogP contribution in [0, 0.1) is 0 Å². The molecule has 0 aliphatic heterocycles. The number of thiophene rings is 2. The molecule has 0 aliphatic rings. The van der Waals surface area contributed by atoms with E-state index in [0.717, 1.165) is 11.4 Å². The fourth-order valence-corrected chi connectivity index (χ4v) is 11.6. The van der Waals surface area contributed by atoms with Crippen molar-refractivity contribution < 1.29 is 0 Å². The molecule has 0 bridgehead atoms. The Morgan fingerprint density at radius 2 is 0.864 bits per heavy atom. The molecule has 10 aromatic carbocycles. The molecular formula is C56H35NS2. The third-order valence-corrected chi connectivity index (χ3v) is 14.3. The van der Waals surface area contributed by atoms with Gasteiger partial charge in [-0.15, -0.1) is 22.7 Å². The van der Waals surface area contributed by atoms with Gasteiger partial charge in [0.25, 0.3) is 0 Å². The molecule has 0 N–H and O–H groups in total. The van der Waals surface area contributed by atoms with E-state index in [0.29, 0.717) is 0 Å². The van der Waals surface area contributed by atoms with Gasteiger partial charge in [0.15, 0.2) is 0 Å². The SMILES string of the molecule is c1ccc(-c2ccc(-c3cc4ccccc4c4ccccc34)cc2N(c2cccc(-c3cccc4c3sc3ccccc34)c2)c2cccc3c2sc2ccccc23)cc1. The Kier molecular flexibility index (Phi) is 7.97. The number of nitrogens with zero attached hydrogens (tertiary/aromatic N) is 1. The van der Waals surface area contributed by atoms with Gasteiger partial charge >= 0.3 is 0 Å². The third-order valence-electron chi connectivity index (χ3n) is 11.8. The molecule has 1 nitrogen and oxygen atoms in total. The van der Waals surface area contributed by atoms with Gasteiger partial charge in [-0.2, -0.15) is 0 Å². The van der Waals surface area contributed by atoms with Crippen molar-refractivity contribution in [3.63, 3.8) is 0 Å². The second kappa shape index (κ2) is 13.8. The van der Waals surface area contributed by atoms with Gasteiger partial charge in [-0.1, -0.05) is 170 Å². The number of benzene rings is 10. The van der Waals surface area contributed by atoms with Crippen LogP contribution in [0.5, 0.6) is 0 Å². The van der Waals surface area contributed by atoms with Crippen LogP contribution in [-0.2, 0) is 0 Å². The summed E-state index contributed by atoms with van der Waals surface area (Å²) in [6, 6.07) is 78.3. The highest BCUT2D eigenvalue weighted by atomic mass is 32.1. The van der Waals surface area contributed by atoms with E-state index in [9.17, 15) is 0 Å². The summed E-state index contributed by atoms with van der Waals surface area (Å²) in [5.41, 5.74) is 10.6. The monoisotopic (exact) mass is 785 g/mol. The van der Waals surface area contributed by atoms with Crippen molar-refractivity contribution in [3.8, 4) is 33.4 Å². The Bertz CT molecular complexity index is 3580. The lowest BCUT2D eigenvalue weighted by Gasteiger charge is -2.29. The van der Waals surface area contributed by atoms with Gasteiger partial charge < -0.3 is 4.90 Å². The summed E-state index contributed by atoms with van der Waals surface area (Å²) in [6.07, 6.45) is 0. The fraction of sp³-hybridized carbons (Fsp3) is 0. The first-order valence-corrected chi connectivity index (χ1v) is 21.7. The van der Waals surface area contributed by atoms with Crippen LogP contribution in [0.4, 0.5) is 17.1 Å². The predicted octanol–water partition coefficient (Wildman–Crippen LogP) is 17.2. The molecule has 0 fully saturated rings. The third kappa shape index (κ3) is 5.58. The number of rotatable bonds is 6. The lowest BCUT2D eigenvalue weighted by molar-refractivity contribution is 1.30. The molecule has 0 unspecified atom stereocenters. The number of anilines is 3. The largest absolute Gasteiger partial charge is 0.308 e. The second-order valence-electron chi connectivity index (χ2n) is 15.2. The van der Waals surface area contributed by atoms with Crippen LogP contribution in [-0.4, -0.2) is 0 Å². The average molecular weight is 786 g/mol. The molecule has 0 spiro atoms. The molecule has 0 saturated carbocycles. The van der Waals surface area contributed by atoms with Crippen molar-refractivity contribution in [1.29, 1.82) is 0 Å². The summed E-state index contributed by atoms with van der Waals surface area (Å²) in [7, 11) is 0. The first kappa shape index (κ1) is 34.0. The van der Waals surface area contributed by atoms with Crippen LogP contribution in [0.25, 0.3) is 95.3 Å². The maximum absolute atomic E-state index is 2.53. The Hall–Kier alpha value is -7.04. The molecule has 0 saturated heterocycles. The van der Waals surface area contributed by atoms with Crippen LogP contribution in [0.15, 0.2) is 212 Å². The van der Waals surface area contributed by atoms with Crippen LogP contribution >= 0.6 is 22.7 Å². The van der Waals surface area contributed by atoms with Gasteiger partial charge in [0, 0.05) is 46.9 Å². The zero-order valence-corrected chi connectivity index (χ0v) is 33.6. The molecule has 12 rings (SSSR count). The predicted molar refractivity (Wildman–Crippen MR) is 258 cm³/mol. The van der Waals surface area contributed by atoms with Crippen LogP contribution in [0.3, 0.4) is 0 Å². The van der Waals surface area contributed by atoms with E-state index in [2.05, 4.69) is 217 Å². The van der Waals surface area contributed by atoms with E-state index in [-0.39, 0.29) is 0 Å². The first-order valence-electron chi connectivity index (χ1n) is 20.1. The Balaban J connectivity index is 1.16. The second-order valence-corrected chi connectivity index (χ2v) is 17.3. The summed E-state index contributed by atoms with van der Waals surface area (Å²) < 4.78 is 5.19. The highest BCUT2D eigenvalue weighted by molar-refractivity contribution is 7.26. The minimum Gasteiger partial charge on any atom is -0.308 e. The van der Waals surface area contributed by atoms with Crippen molar-refractivity contribution in [3.05, 3.63) is 212 Å². The molecule has 2 aromatic heterocycles. The summed E-state index contributed by atoms with van der Waals surface area (Å²) in [5.74, 6) is 0. The van der Waals surface area contributed by atoms with Crippen LogP contribution in [0.2, 0.25) is 0 Å². The summed E-state index contributed by atoms with van der Waals surface area (Å²) >= 11 is 3.76. The number of hydrogen-bond donors (Lipinski definition) is 0. The van der Waals surface area contributed by atoms with Crippen molar-refractivity contribution in [1.82, 2.24) is 0 Å². The Labute approximate surface area is 350 Å². The summed E-state index contributed by atoms with van der Waals surface area (Å²) in [4.78, 5) is 2.53. The lowest BCUT2D eigenvalue weighted by atomic mass is 9.91. The highest BCUT2D eigenvalue weighted by Crippen LogP contribution is 2.50. The van der Waals surface area contributed by atoms with Gasteiger partial charge in [-0.25, -0.2) is 0 Å². The number of hydrogen-bond acceptors (Lipinski definition) is 3. The molecule has 0 aliphatic carbocycles. The molecular weight excluding hydrogens is 751 g/mol. The molecule has 2 heterocycles. The van der Waals surface area contributed by atoms with E-state index < -0.39 is 0 Å². The minimum atomic E-state index is 1.11. The smallest absolute Gasteiger partial charge is 0.0640 e. The minimum absolute atomic E-state index is 1.11. The topological polar surface area (TPSA) is 3.24 Å². The van der Waals surface area contributed by atoms with Crippen molar-refractivity contribution in [2.45, 2.75) is 0 Å². The lowest BCUT2D eigenvalue weighted by Crippen LogP contribution is -2.12. The fourth-order valence-electron chi connectivity index (χ4n) is 9.14. The molecule has 0 radical (unpaired) electrons. The Morgan fingerprint density at radius 3 is 1.66 bits per heavy atom. The van der Waals surface area contributed by atoms with Gasteiger partial charge in [-0.3, -0.25) is 0 Å². The maximum Gasteiger partial charge on any atom is 0.0640 e. The van der Waals surface area contributed by atoms with E-state index in [1.54, 1.807) is 0 Å². The first-order chi connectivity index (χ1) is 29.3. The van der Waals surface area contributed by atoms with E-state index in [1.165, 1.54) is 101 Å². The normalized spacial score (nSPS) is 11.7. The quantitative estimate of drug-likeness (QED) is 0.152. The Morgan fingerprint density at radius 1 is 0.288 bits per heavy atom. The zero-order valence-electron chi connectivity index (χ0n) is 32.0. The molecule has 276 valence electrons. The van der Waals surface area contributed by atoms with E-state index in [4.69, 9.17) is 0 Å². The standard InChI is InChI=1S/C56H35NS2/c1-2-15-36(16-3-1)42-32-31-39(50-34-38-17-4-5-20-41(38)44-21-6-7-22-45(44)50)35-52(42)57(51-28-14-27-49-47-24-9-11-30-54(47)59-56(49)51)40-19-12-18-37(33-40)43-25-13-26-48-46-23-8-10-29-53(46)58-55(43)48/h1-35H. The van der Waals surface area contributed by atoms with Crippen LogP contribution < -0.4 is 4.90 Å². The number of fused-ring (bicyclic) bond motifs is 9. The van der Waals surface area contributed by atoms with Gasteiger partial charge in [-0.05, 0) is 91.8 Å². The maximum atomic E-state index is 2.53. The van der Waals surface area contributed by atoms with Crippen molar-refractivity contribution in [2.75, 3.05) is 4.90 Å². The van der Waals surface area contributed by atoms with E-state index >= 15 is 0 Å².